The van der Waals surface area contributed by atoms with Crippen LogP contribution in [-0.2, 0) is 24.2 Å². The van der Waals surface area contributed by atoms with E-state index in [1.165, 1.54) is 17.3 Å². The van der Waals surface area contributed by atoms with Gasteiger partial charge in [0.1, 0.15) is 0 Å². The highest BCUT2D eigenvalue weighted by molar-refractivity contribution is 7.99. The standard InChI is InChI=1S/C14H17N3O2S/c1-2-12-9-16-14(20-10-13(18)19)17(12)8-5-11-3-6-15-7-4-11/h3-4,6-7,9H,2,5,8,10H2,1H3,(H,18,19). The Labute approximate surface area is 122 Å². The molecule has 0 atom stereocenters. The quantitative estimate of drug-likeness (QED) is 0.793. The number of carbonyl (C=O) groups is 1. The van der Waals surface area contributed by atoms with Gasteiger partial charge in [-0.1, -0.05) is 18.7 Å². The normalized spacial score (nSPS) is 10.7. The van der Waals surface area contributed by atoms with Crippen molar-refractivity contribution in [2.75, 3.05) is 5.75 Å². The van der Waals surface area contributed by atoms with Crippen LogP contribution in [0, 0.1) is 0 Å². The van der Waals surface area contributed by atoms with E-state index in [2.05, 4.69) is 21.5 Å². The lowest BCUT2D eigenvalue weighted by Gasteiger charge is -2.10. The summed E-state index contributed by atoms with van der Waals surface area (Å²) in [6.07, 6.45) is 7.16. The fraction of sp³-hybridized carbons (Fsp3) is 0.357. The van der Waals surface area contributed by atoms with Crippen LogP contribution < -0.4 is 0 Å². The van der Waals surface area contributed by atoms with E-state index in [4.69, 9.17) is 5.11 Å². The lowest BCUT2D eigenvalue weighted by Crippen LogP contribution is -2.08. The number of aliphatic carboxylic acids is 1. The minimum Gasteiger partial charge on any atom is -0.481 e. The molecule has 0 aliphatic rings. The van der Waals surface area contributed by atoms with Crippen molar-refractivity contribution in [1.82, 2.24) is 14.5 Å². The van der Waals surface area contributed by atoms with Crippen molar-refractivity contribution < 1.29 is 9.90 Å². The van der Waals surface area contributed by atoms with Crippen LogP contribution in [0.4, 0.5) is 0 Å². The van der Waals surface area contributed by atoms with Crippen LogP contribution in [0.5, 0.6) is 0 Å². The fourth-order valence-corrected chi connectivity index (χ4v) is 2.69. The number of hydrogen-bond acceptors (Lipinski definition) is 4. The minimum atomic E-state index is -0.822. The predicted octanol–water partition coefficient (Wildman–Crippen LogP) is 2.26. The number of pyridine rings is 1. The maximum absolute atomic E-state index is 10.7. The smallest absolute Gasteiger partial charge is 0.313 e. The van der Waals surface area contributed by atoms with Crippen molar-refractivity contribution in [3.8, 4) is 0 Å². The summed E-state index contributed by atoms with van der Waals surface area (Å²) >= 11 is 1.27. The van der Waals surface area contributed by atoms with E-state index in [9.17, 15) is 4.79 Å². The fourth-order valence-electron chi connectivity index (χ4n) is 1.95. The Balaban J connectivity index is 2.08. The van der Waals surface area contributed by atoms with E-state index < -0.39 is 5.97 Å². The van der Waals surface area contributed by atoms with E-state index in [-0.39, 0.29) is 5.75 Å². The first-order valence-corrected chi connectivity index (χ1v) is 7.47. The van der Waals surface area contributed by atoms with E-state index >= 15 is 0 Å². The molecule has 0 aromatic carbocycles. The molecule has 20 heavy (non-hydrogen) atoms. The number of nitrogens with zero attached hydrogens (tertiary/aromatic N) is 3. The van der Waals surface area contributed by atoms with Gasteiger partial charge in [-0.25, -0.2) is 4.98 Å². The third kappa shape index (κ3) is 3.84. The van der Waals surface area contributed by atoms with E-state index in [1.807, 2.05) is 18.3 Å². The second-order valence-corrected chi connectivity index (χ2v) is 5.27. The SMILES string of the molecule is CCc1cnc(SCC(=O)O)n1CCc1ccncc1. The molecular weight excluding hydrogens is 274 g/mol. The Morgan fingerprint density at radius 2 is 2.15 bits per heavy atom. The molecule has 2 aromatic rings. The second-order valence-electron chi connectivity index (χ2n) is 4.33. The first kappa shape index (κ1) is 14.6. The van der Waals surface area contributed by atoms with Crippen LogP contribution in [0.1, 0.15) is 18.2 Å². The molecule has 0 amide bonds. The summed E-state index contributed by atoms with van der Waals surface area (Å²) in [5, 5.41) is 9.55. The molecule has 0 aliphatic heterocycles. The molecule has 6 heteroatoms. The van der Waals surface area contributed by atoms with Crippen LogP contribution >= 0.6 is 11.8 Å². The number of carboxylic acid groups (broad SMARTS) is 1. The zero-order valence-corrected chi connectivity index (χ0v) is 12.1. The molecule has 0 bridgehead atoms. The lowest BCUT2D eigenvalue weighted by molar-refractivity contribution is -0.133. The zero-order chi connectivity index (χ0) is 14.4. The van der Waals surface area contributed by atoms with Gasteiger partial charge in [-0.2, -0.15) is 0 Å². The lowest BCUT2D eigenvalue weighted by atomic mass is 10.2. The van der Waals surface area contributed by atoms with E-state index in [1.54, 1.807) is 12.4 Å². The number of rotatable bonds is 7. The zero-order valence-electron chi connectivity index (χ0n) is 11.3. The Hall–Kier alpha value is -1.82. The summed E-state index contributed by atoms with van der Waals surface area (Å²) < 4.78 is 2.11. The van der Waals surface area contributed by atoms with Gasteiger partial charge in [0.15, 0.2) is 5.16 Å². The highest BCUT2D eigenvalue weighted by atomic mass is 32.2. The molecule has 2 rings (SSSR count). The van der Waals surface area contributed by atoms with E-state index in [0.717, 1.165) is 30.2 Å². The molecule has 2 heterocycles. The molecular formula is C14H17N3O2S. The second kappa shape index (κ2) is 7.09. The highest BCUT2D eigenvalue weighted by Gasteiger charge is 2.11. The summed E-state index contributed by atoms with van der Waals surface area (Å²) in [5.41, 5.74) is 2.34. The maximum Gasteiger partial charge on any atom is 0.313 e. The van der Waals surface area contributed by atoms with Gasteiger partial charge in [-0.15, -0.1) is 0 Å². The first-order valence-electron chi connectivity index (χ1n) is 6.48. The third-order valence-electron chi connectivity index (χ3n) is 2.96. The topological polar surface area (TPSA) is 68.0 Å². The number of hydrogen-bond donors (Lipinski definition) is 1. The van der Waals surface area contributed by atoms with Crippen molar-refractivity contribution in [2.45, 2.75) is 31.5 Å². The number of aromatic nitrogens is 3. The summed E-state index contributed by atoms with van der Waals surface area (Å²) in [4.78, 5) is 19.0. The van der Waals surface area contributed by atoms with Gasteiger partial charge in [0.05, 0.1) is 5.75 Å². The average Bonchev–Trinajstić information content (AvgIpc) is 2.86. The van der Waals surface area contributed by atoms with Gasteiger partial charge in [-0.3, -0.25) is 9.78 Å². The molecule has 0 spiro atoms. The van der Waals surface area contributed by atoms with Gasteiger partial charge in [0, 0.05) is 30.8 Å². The van der Waals surface area contributed by atoms with Crippen molar-refractivity contribution in [3.63, 3.8) is 0 Å². The van der Waals surface area contributed by atoms with Crippen molar-refractivity contribution in [1.29, 1.82) is 0 Å². The number of thioether (sulfide) groups is 1. The monoisotopic (exact) mass is 291 g/mol. The Bertz CT molecular complexity index is 569. The predicted molar refractivity (Wildman–Crippen MR) is 77.9 cm³/mol. The van der Waals surface area contributed by atoms with Crippen LogP contribution in [0.25, 0.3) is 0 Å². The van der Waals surface area contributed by atoms with Crippen molar-refractivity contribution in [3.05, 3.63) is 42.0 Å². The van der Waals surface area contributed by atoms with Crippen molar-refractivity contribution in [2.24, 2.45) is 0 Å². The van der Waals surface area contributed by atoms with Crippen LogP contribution in [0.3, 0.4) is 0 Å². The average molecular weight is 291 g/mol. The molecule has 106 valence electrons. The molecule has 0 fully saturated rings. The Morgan fingerprint density at radius 3 is 2.80 bits per heavy atom. The van der Waals surface area contributed by atoms with E-state index in [0.29, 0.717) is 0 Å². The Kier molecular flexibility index (Phi) is 5.17. The van der Waals surface area contributed by atoms with Crippen LogP contribution in [0.15, 0.2) is 35.9 Å². The maximum atomic E-state index is 10.7. The third-order valence-corrected chi connectivity index (χ3v) is 3.94. The minimum absolute atomic E-state index is 0.0371. The van der Waals surface area contributed by atoms with Crippen LogP contribution in [-0.4, -0.2) is 31.4 Å². The molecule has 0 saturated carbocycles. The van der Waals surface area contributed by atoms with Gasteiger partial charge < -0.3 is 9.67 Å². The largest absolute Gasteiger partial charge is 0.481 e. The molecule has 2 aromatic heterocycles. The number of aryl methyl sites for hydroxylation is 2. The summed E-state index contributed by atoms with van der Waals surface area (Å²) in [6.45, 7) is 2.88. The van der Waals surface area contributed by atoms with Gasteiger partial charge in [0.2, 0.25) is 0 Å². The molecule has 1 N–H and O–H groups in total. The van der Waals surface area contributed by atoms with Gasteiger partial charge in [-0.05, 0) is 30.5 Å². The number of imidazole rings is 1. The van der Waals surface area contributed by atoms with Crippen LogP contribution in [0.2, 0.25) is 0 Å². The van der Waals surface area contributed by atoms with Crippen molar-refractivity contribution >= 4 is 17.7 Å². The molecule has 0 aliphatic carbocycles. The molecule has 0 radical (unpaired) electrons. The molecule has 5 nitrogen and oxygen atoms in total. The van der Waals surface area contributed by atoms with Gasteiger partial charge >= 0.3 is 5.97 Å². The molecule has 0 saturated heterocycles. The number of carboxylic acids is 1. The molecule has 0 unspecified atom stereocenters. The summed E-state index contributed by atoms with van der Waals surface area (Å²) in [5.74, 6) is -0.785. The summed E-state index contributed by atoms with van der Waals surface area (Å²) in [6, 6.07) is 3.99. The highest BCUT2D eigenvalue weighted by Crippen LogP contribution is 2.19. The van der Waals surface area contributed by atoms with Gasteiger partial charge in [0.25, 0.3) is 0 Å². The Morgan fingerprint density at radius 1 is 1.40 bits per heavy atom. The summed E-state index contributed by atoms with van der Waals surface area (Å²) in [7, 11) is 0. The first-order chi connectivity index (χ1) is 9.70.